The molecule has 1 aliphatic rings. The molecule has 0 spiro atoms. The van der Waals surface area contributed by atoms with Crippen molar-refractivity contribution < 1.29 is 0 Å². The highest BCUT2D eigenvalue weighted by molar-refractivity contribution is 5.93. The molecule has 100 valence electrons. The highest BCUT2D eigenvalue weighted by Crippen LogP contribution is 2.36. The van der Waals surface area contributed by atoms with Crippen LogP contribution in [-0.4, -0.2) is 4.98 Å². The van der Waals surface area contributed by atoms with Gasteiger partial charge in [0, 0.05) is 11.8 Å². The van der Waals surface area contributed by atoms with E-state index in [9.17, 15) is 0 Å². The van der Waals surface area contributed by atoms with Crippen molar-refractivity contribution in [2.24, 2.45) is 0 Å². The highest BCUT2D eigenvalue weighted by Gasteiger charge is 2.17. The van der Waals surface area contributed by atoms with Gasteiger partial charge in [-0.05, 0) is 46.9 Å². The van der Waals surface area contributed by atoms with Crippen molar-refractivity contribution in [2.45, 2.75) is 6.42 Å². The van der Waals surface area contributed by atoms with Crippen LogP contribution >= 0.6 is 0 Å². The van der Waals surface area contributed by atoms with Crippen molar-refractivity contribution in [1.82, 2.24) is 4.98 Å². The van der Waals surface area contributed by atoms with Gasteiger partial charge < -0.3 is 0 Å². The first kappa shape index (κ1) is 12.1. The minimum Gasteiger partial charge on any atom is -0.256 e. The zero-order valence-electron chi connectivity index (χ0n) is 11.7. The van der Waals surface area contributed by atoms with Gasteiger partial charge in [-0.15, -0.1) is 0 Å². The van der Waals surface area contributed by atoms with Crippen molar-refractivity contribution >= 4 is 11.6 Å². The molecule has 1 heteroatoms. The molecule has 0 unspecified atom stereocenters. The highest BCUT2D eigenvalue weighted by atomic mass is 14.7. The maximum Gasteiger partial charge on any atom is 0.0708 e. The van der Waals surface area contributed by atoms with Crippen LogP contribution in [0.15, 0.2) is 72.9 Å². The van der Waals surface area contributed by atoms with Crippen LogP contribution in [0.4, 0.5) is 0 Å². The van der Waals surface area contributed by atoms with E-state index in [0.717, 1.165) is 12.1 Å². The maximum absolute atomic E-state index is 4.50. The molecule has 4 rings (SSSR count). The first-order chi connectivity index (χ1) is 10.4. The Morgan fingerprint density at radius 2 is 1.62 bits per heavy atom. The lowest BCUT2D eigenvalue weighted by molar-refractivity contribution is 1.29. The predicted molar refractivity (Wildman–Crippen MR) is 87.7 cm³/mol. The van der Waals surface area contributed by atoms with Crippen molar-refractivity contribution in [3.63, 3.8) is 0 Å². The Kier molecular flexibility index (Phi) is 2.89. The normalized spacial score (nSPS) is 12.9. The molecule has 0 saturated heterocycles. The van der Waals surface area contributed by atoms with Crippen LogP contribution in [-0.2, 0) is 6.42 Å². The van der Waals surface area contributed by atoms with Crippen LogP contribution < -0.4 is 0 Å². The summed E-state index contributed by atoms with van der Waals surface area (Å²) in [4.78, 5) is 4.50. The number of nitrogens with zero attached hydrogens (tertiary/aromatic N) is 1. The topological polar surface area (TPSA) is 12.9 Å². The average Bonchev–Trinajstić information content (AvgIpc) is 3.00. The van der Waals surface area contributed by atoms with E-state index in [4.69, 9.17) is 0 Å². The lowest BCUT2D eigenvalue weighted by Crippen LogP contribution is -1.89. The van der Waals surface area contributed by atoms with E-state index in [0.29, 0.717) is 0 Å². The van der Waals surface area contributed by atoms with Crippen molar-refractivity contribution in [3.05, 3.63) is 89.6 Å². The minimum atomic E-state index is 1.00. The molecule has 2 aromatic carbocycles. The summed E-state index contributed by atoms with van der Waals surface area (Å²) >= 11 is 0. The summed E-state index contributed by atoms with van der Waals surface area (Å²) in [6.45, 7) is 0. The van der Waals surface area contributed by atoms with E-state index in [1.54, 1.807) is 0 Å². The second kappa shape index (κ2) is 5.02. The Labute approximate surface area is 124 Å². The number of hydrogen-bond donors (Lipinski definition) is 0. The van der Waals surface area contributed by atoms with Crippen LogP contribution in [0.2, 0.25) is 0 Å². The molecule has 21 heavy (non-hydrogen) atoms. The molecule has 0 fully saturated rings. The standard InChI is InChI=1S/C20H15N/c1-2-7-15(8-3-1)17-13-16-9-6-10-18(19(16)14-17)20-11-4-5-12-21-20/h1-12,14H,13H2. The molecule has 0 bridgehead atoms. The monoisotopic (exact) mass is 269 g/mol. The third-order valence-corrected chi connectivity index (χ3v) is 3.98. The van der Waals surface area contributed by atoms with E-state index < -0.39 is 0 Å². The van der Waals surface area contributed by atoms with Gasteiger partial charge in [0.05, 0.1) is 5.69 Å². The van der Waals surface area contributed by atoms with Crippen molar-refractivity contribution in [3.8, 4) is 11.3 Å². The van der Waals surface area contributed by atoms with Gasteiger partial charge in [-0.2, -0.15) is 0 Å². The smallest absolute Gasteiger partial charge is 0.0708 e. The van der Waals surface area contributed by atoms with E-state index >= 15 is 0 Å². The summed E-state index contributed by atoms with van der Waals surface area (Å²) in [6.07, 6.45) is 5.17. The Balaban J connectivity index is 1.83. The summed E-state index contributed by atoms with van der Waals surface area (Å²) in [5.41, 5.74) is 7.65. The van der Waals surface area contributed by atoms with Gasteiger partial charge in [0.15, 0.2) is 0 Å². The van der Waals surface area contributed by atoms with Crippen LogP contribution in [0.1, 0.15) is 16.7 Å². The van der Waals surface area contributed by atoms with Gasteiger partial charge in [0.1, 0.15) is 0 Å². The van der Waals surface area contributed by atoms with E-state index in [-0.39, 0.29) is 0 Å². The molecular weight excluding hydrogens is 254 g/mol. The van der Waals surface area contributed by atoms with Gasteiger partial charge >= 0.3 is 0 Å². The lowest BCUT2D eigenvalue weighted by atomic mass is 10.0. The molecule has 0 radical (unpaired) electrons. The molecule has 1 nitrogen and oxygen atoms in total. The quantitative estimate of drug-likeness (QED) is 0.648. The molecular formula is C20H15N. The molecule has 0 saturated carbocycles. The Bertz CT molecular complexity index is 802. The second-order valence-corrected chi connectivity index (χ2v) is 5.31. The van der Waals surface area contributed by atoms with Crippen molar-refractivity contribution in [2.75, 3.05) is 0 Å². The van der Waals surface area contributed by atoms with E-state index in [1.807, 2.05) is 18.3 Å². The van der Waals surface area contributed by atoms with Gasteiger partial charge in [-0.3, -0.25) is 4.98 Å². The zero-order chi connectivity index (χ0) is 14.1. The third-order valence-electron chi connectivity index (χ3n) is 3.98. The van der Waals surface area contributed by atoms with Gasteiger partial charge in [-0.25, -0.2) is 0 Å². The number of aromatic nitrogens is 1. The number of fused-ring (bicyclic) bond motifs is 1. The number of allylic oxidation sites excluding steroid dienone is 1. The SMILES string of the molecule is C1=C(c2ccccc2)Cc2cccc(-c3ccccn3)c21. The first-order valence-electron chi connectivity index (χ1n) is 7.21. The summed E-state index contributed by atoms with van der Waals surface area (Å²) in [7, 11) is 0. The maximum atomic E-state index is 4.50. The Morgan fingerprint density at radius 3 is 2.43 bits per heavy atom. The summed E-state index contributed by atoms with van der Waals surface area (Å²) in [6, 6.07) is 23.2. The third kappa shape index (κ3) is 2.17. The fourth-order valence-electron chi connectivity index (χ4n) is 2.95. The summed E-state index contributed by atoms with van der Waals surface area (Å²) < 4.78 is 0. The Morgan fingerprint density at radius 1 is 0.762 bits per heavy atom. The molecule has 1 heterocycles. The van der Waals surface area contributed by atoms with Crippen LogP contribution in [0, 0.1) is 0 Å². The van der Waals surface area contributed by atoms with Gasteiger partial charge in [0.25, 0.3) is 0 Å². The molecule has 0 amide bonds. The molecule has 3 aromatic rings. The minimum absolute atomic E-state index is 1.00. The predicted octanol–water partition coefficient (Wildman–Crippen LogP) is 4.85. The van der Waals surface area contributed by atoms with E-state index in [2.05, 4.69) is 65.7 Å². The Hall–Kier alpha value is -2.67. The molecule has 1 aromatic heterocycles. The average molecular weight is 269 g/mol. The lowest BCUT2D eigenvalue weighted by Gasteiger charge is -2.06. The fraction of sp³-hybridized carbons (Fsp3) is 0.0500. The number of benzene rings is 2. The van der Waals surface area contributed by atoms with Crippen molar-refractivity contribution in [1.29, 1.82) is 0 Å². The van der Waals surface area contributed by atoms with Crippen LogP contribution in [0.25, 0.3) is 22.9 Å². The number of pyridine rings is 1. The second-order valence-electron chi connectivity index (χ2n) is 5.31. The first-order valence-corrected chi connectivity index (χ1v) is 7.21. The molecule has 0 N–H and O–H groups in total. The van der Waals surface area contributed by atoms with E-state index in [1.165, 1.54) is 27.8 Å². The fourth-order valence-corrected chi connectivity index (χ4v) is 2.95. The summed E-state index contributed by atoms with van der Waals surface area (Å²) in [5, 5.41) is 0. The van der Waals surface area contributed by atoms with Crippen LogP contribution in [0.5, 0.6) is 0 Å². The molecule has 0 aliphatic heterocycles. The molecule has 0 atom stereocenters. The number of hydrogen-bond acceptors (Lipinski definition) is 1. The van der Waals surface area contributed by atoms with Crippen LogP contribution in [0.3, 0.4) is 0 Å². The van der Waals surface area contributed by atoms with Gasteiger partial charge in [-0.1, -0.05) is 54.6 Å². The zero-order valence-corrected chi connectivity index (χ0v) is 11.7. The summed E-state index contributed by atoms with van der Waals surface area (Å²) in [5.74, 6) is 0. The molecule has 1 aliphatic carbocycles. The largest absolute Gasteiger partial charge is 0.256 e. The number of rotatable bonds is 2. The van der Waals surface area contributed by atoms with Gasteiger partial charge in [0.2, 0.25) is 0 Å².